The topological polar surface area (TPSA) is 86.8 Å². The quantitative estimate of drug-likeness (QED) is 0.854. The van der Waals surface area contributed by atoms with E-state index in [2.05, 4.69) is 4.98 Å². The molecular formula is C17H22N2O4. The second-order valence-corrected chi connectivity index (χ2v) is 5.33. The number of nitrogens with zero attached hydrogens (tertiary/aromatic N) is 2. The van der Waals surface area contributed by atoms with E-state index in [4.69, 9.17) is 4.42 Å². The van der Waals surface area contributed by atoms with Crippen LogP contribution in [0.5, 0.6) is 5.75 Å². The van der Waals surface area contributed by atoms with Gasteiger partial charge < -0.3 is 19.5 Å². The van der Waals surface area contributed by atoms with Crippen molar-refractivity contribution in [2.24, 2.45) is 0 Å². The molecule has 0 aliphatic heterocycles. The average molecular weight is 318 g/mol. The van der Waals surface area contributed by atoms with E-state index in [1.807, 2.05) is 13.8 Å². The minimum Gasteiger partial charge on any atom is -0.508 e. The second kappa shape index (κ2) is 7.28. The molecule has 0 radical (unpaired) electrons. The highest BCUT2D eigenvalue weighted by Crippen LogP contribution is 2.21. The van der Waals surface area contributed by atoms with Crippen molar-refractivity contribution in [2.45, 2.75) is 33.3 Å². The maximum Gasteiger partial charge on any atom is 0.291 e. The SMILES string of the molecule is CCc1nc(C)c(C(=O)N(CC)CC(O)c2cccc(O)c2)o1. The van der Waals surface area contributed by atoms with E-state index in [9.17, 15) is 15.0 Å². The normalized spacial score (nSPS) is 12.2. The summed E-state index contributed by atoms with van der Waals surface area (Å²) in [5.74, 6) is 0.522. The Bertz CT molecular complexity index is 681. The number of benzene rings is 1. The number of aliphatic hydroxyl groups is 1. The fourth-order valence-corrected chi connectivity index (χ4v) is 2.35. The Morgan fingerprint density at radius 3 is 2.70 bits per heavy atom. The minimum atomic E-state index is -0.889. The van der Waals surface area contributed by atoms with Crippen molar-refractivity contribution in [1.29, 1.82) is 0 Å². The summed E-state index contributed by atoms with van der Waals surface area (Å²) in [6, 6.07) is 6.37. The fraction of sp³-hybridized carbons (Fsp3) is 0.412. The molecule has 23 heavy (non-hydrogen) atoms. The van der Waals surface area contributed by atoms with Crippen LogP contribution in [0.4, 0.5) is 0 Å². The number of aryl methyl sites for hydroxylation is 2. The molecule has 0 spiro atoms. The van der Waals surface area contributed by atoms with E-state index in [0.717, 1.165) is 0 Å². The summed E-state index contributed by atoms with van der Waals surface area (Å²) in [4.78, 5) is 18.3. The van der Waals surface area contributed by atoms with Gasteiger partial charge in [0.1, 0.15) is 5.75 Å². The molecule has 0 aliphatic rings. The minimum absolute atomic E-state index is 0.0783. The van der Waals surface area contributed by atoms with Crippen molar-refractivity contribution in [3.63, 3.8) is 0 Å². The highest BCUT2D eigenvalue weighted by molar-refractivity contribution is 5.92. The molecule has 1 aromatic carbocycles. The lowest BCUT2D eigenvalue weighted by molar-refractivity contribution is 0.0603. The van der Waals surface area contributed by atoms with Crippen LogP contribution in [0.15, 0.2) is 28.7 Å². The lowest BCUT2D eigenvalue weighted by Gasteiger charge is -2.23. The molecule has 0 aliphatic carbocycles. The van der Waals surface area contributed by atoms with Crippen LogP contribution in [-0.4, -0.2) is 39.1 Å². The lowest BCUT2D eigenvalue weighted by atomic mass is 10.1. The molecule has 2 aromatic rings. The number of aliphatic hydroxyl groups excluding tert-OH is 1. The van der Waals surface area contributed by atoms with E-state index >= 15 is 0 Å². The number of carbonyl (C=O) groups is 1. The van der Waals surface area contributed by atoms with Crippen LogP contribution >= 0.6 is 0 Å². The van der Waals surface area contributed by atoms with E-state index in [1.54, 1.807) is 19.1 Å². The zero-order valence-corrected chi connectivity index (χ0v) is 13.6. The maximum atomic E-state index is 12.6. The number of carbonyl (C=O) groups excluding carboxylic acids is 1. The number of aromatic nitrogens is 1. The Hall–Kier alpha value is -2.34. The van der Waals surface area contributed by atoms with Gasteiger partial charge >= 0.3 is 0 Å². The molecule has 1 amide bonds. The Morgan fingerprint density at radius 2 is 2.13 bits per heavy atom. The Morgan fingerprint density at radius 1 is 1.39 bits per heavy atom. The Kier molecular flexibility index (Phi) is 5.39. The standard InChI is InChI=1S/C17H22N2O4/c1-4-15-18-11(3)16(23-15)17(22)19(5-2)10-14(21)12-7-6-8-13(20)9-12/h6-9,14,20-21H,4-5,10H2,1-3H3. The van der Waals surface area contributed by atoms with Crippen molar-refractivity contribution in [2.75, 3.05) is 13.1 Å². The average Bonchev–Trinajstić information content (AvgIpc) is 2.92. The highest BCUT2D eigenvalue weighted by atomic mass is 16.4. The summed E-state index contributed by atoms with van der Waals surface area (Å²) >= 11 is 0. The second-order valence-electron chi connectivity index (χ2n) is 5.33. The van der Waals surface area contributed by atoms with Crippen molar-refractivity contribution in [3.05, 3.63) is 47.2 Å². The van der Waals surface area contributed by atoms with Crippen LogP contribution < -0.4 is 0 Å². The van der Waals surface area contributed by atoms with Crippen LogP contribution in [0.2, 0.25) is 0 Å². The van der Waals surface area contributed by atoms with Gasteiger partial charge in [-0.25, -0.2) is 4.98 Å². The summed E-state index contributed by atoms with van der Waals surface area (Å²) in [5, 5.41) is 19.8. The van der Waals surface area contributed by atoms with Gasteiger partial charge in [0.05, 0.1) is 18.3 Å². The smallest absolute Gasteiger partial charge is 0.291 e. The number of likely N-dealkylation sites (N-methyl/N-ethyl adjacent to an activating group) is 1. The third kappa shape index (κ3) is 3.90. The van der Waals surface area contributed by atoms with Crippen molar-refractivity contribution in [1.82, 2.24) is 9.88 Å². The third-order valence-corrected chi connectivity index (χ3v) is 3.65. The lowest BCUT2D eigenvalue weighted by Crippen LogP contribution is -2.34. The van der Waals surface area contributed by atoms with E-state index in [0.29, 0.717) is 30.1 Å². The molecule has 0 saturated heterocycles. The van der Waals surface area contributed by atoms with E-state index in [1.165, 1.54) is 17.0 Å². The molecule has 124 valence electrons. The Balaban J connectivity index is 2.15. The van der Waals surface area contributed by atoms with Gasteiger partial charge in [0, 0.05) is 13.0 Å². The number of hydrogen-bond acceptors (Lipinski definition) is 5. The number of phenols is 1. The summed E-state index contributed by atoms with van der Waals surface area (Å²) in [6.07, 6.45) is -0.272. The number of hydrogen-bond donors (Lipinski definition) is 2. The van der Waals surface area contributed by atoms with E-state index < -0.39 is 6.10 Å². The molecule has 1 atom stereocenters. The highest BCUT2D eigenvalue weighted by Gasteiger charge is 2.24. The zero-order valence-electron chi connectivity index (χ0n) is 13.6. The van der Waals surface area contributed by atoms with Crippen molar-refractivity contribution >= 4 is 5.91 Å². The number of oxazole rings is 1. The summed E-state index contributed by atoms with van der Waals surface area (Å²) < 4.78 is 5.49. The molecule has 1 heterocycles. The van der Waals surface area contributed by atoms with Crippen LogP contribution in [0.3, 0.4) is 0 Å². The van der Waals surface area contributed by atoms with Gasteiger partial charge in [0.15, 0.2) is 5.89 Å². The van der Waals surface area contributed by atoms with Gasteiger partial charge in [-0.15, -0.1) is 0 Å². The number of amides is 1. The molecular weight excluding hydrogens is 296 g/mol. The maximum absolute atomic E-state index is 12.6. The Labute approximate surface area is 135 Å². The van der Waals surface area contributed by atoms with Gasteiger partial charge in [-0.3, -0.25) is 4.79 Å². The van der Waals surface area contributed by atoms with Gasteiger partial charge in [-0.05, 0) is 31.5 Å². The van der Waals surface area contributed by atoms with Crippen LogP contribution in [0, 0.1) is 6.92 Å². The van der Waals surface area contributed by atoms with Gasteiger partial charge in [0.2, 0.25) is 5.76 Å². The first-order valence-corrected chi connectivity index (χ1v) is 7.68. The summed E-state index contributed by atoms with van der Waals surface area (Å²) in [5.41, 5.74) is 1.11. The molecule has 0 bridgehead atoms. The number of phenolic OH excluding ortho intramolecular Hbond substituents is 1. The van der Waals surface area contributed by atoms with Gasteiger partial charge in [-0.2, -0.15) is 0 Å². The van der Waals surface area contributed by atoms with Crippen molar-refractivity contribution < 1.29 is 19.4 Å². The van der Waals surface area contributed by atoms with Gasteiger partial charge in [-0.1, -0.05) is 19.1 Å². The van der Waals surface area contributed by atoms with Crippen LogP contribution in [-0.2, 0) is 6.42 Å². The van der Waals surface area contributed by atoms with Crippen LogP contribution in [0.1, 0.15) is 47.7 Å². The molecule has 2 rings (SSSR count). The number of rotatable bonds is 6. The first-order valence-electron chi connectivity index (χ1n) is 7.68. The third-order valence-electron chi connectivity index (χ3n) is 3.65. The van der Waals surface area contributed by atoms with E-state index in [-0.39, 0.29) is 24.0 Å². The summed E-state index contributed by atoms with van der Waals surface area (Å²) in [7, 11) is 0. The predicted octanol–water partition coefficient (Wildman–Crippen LogP) is 2.45. The number of aromatic hydroxyl groups is 1. The van der Waals surface area contributed by atoms with Gasteiger partial charge in [0.25, 0.3) is 5.91 Å². The van der Waals surface area contributed by atoms with Crippen molar-refractivity contribution in [3.8, 4) is 5.75 Å². The summed E-state index contributed by atoms with van der Waals surface area (Å²) in [6.45, 7) is 6.01. The first kappa shape index (κ1) is 17.0. The molecule has 2 N–H and O–H groups in total. The largest absolute Gasteiger partial charge is 0.508 e. The van der Waals surface area contributed by atoms with Crippen LogP contribution in [0.25, 0.3) is 0 Å². The molecule has 0 fully saturated rings. The monoisotopic (exact) mass is 318 g/mol. The molecule has 6 heteroatoms. The predicted molar refractivity (Wildman–Crippen MR) is 85.3 cm³/mol. The fourth-order valence-electron chi connectivity index (χ4n) is 2.35. The molecule has 1 unspecified atom stereocenters. The zero-order chi connectivity index (χ0) is 17.0. The molecule has 0 saturated carbocycles. The molecule has 1 aromatic heterocycles. The first-order chi connectivity index (χ1) is 11.0. The molecule has 6 nitrogen and oxygen atoms in total.